The molecule has 2 rings (SSSR count). The number of nitrogens with one attached hydrogen (secondary N) is 1. The second-order valence-electron chi connectivity index (χ2n) is 3.76. The van der Waals surface area contributed by atoms with Crippen molar-refractivity contribution >= 4 is 11.3 Å². The lowest BCUT2D eigenvalue weighted by Gasteiger charge is -2.09. The van der Waals surface area contributed by atoms with Crippen molar-refractivity contribution in [1.82, 2.24) is 10.3 Å². The van der Waals surface area contributed by atoms with Gasteiger partial charge in [0.25, 0.3) is 0 Å². The summed E-state index contributed by atoms with van der Waals surface area (Å²) in [5.41, 5.74) is 2.64. The number of benzene rings is 1. The Bertz CT molecular complexity index is 497. The highest BCUT2D eigenvalue weighted by molar-refractivity contribution is 7.09. The zero-order valence-electron chi connectivity index (χ0n) is 9.78. The van der Waals surface area contributed by atoms with Gasteiger partial charge in [0.05, 0.1) is 5.51 Å². The lowest BCUT2D eigenvalue weighted by molar-refractivity contribution is -0.274. The molecule has 102 valence electrons. The first kappa shape index (κ1) is 13.8. The molecule has 7 heteroatoms. The summed E-state index contributed by atoms with van der Waals surface area (Å²) in [6.45, 7) is 1.26. The van der Waals surface area contributed by atoms with Crippen LogP contribution in [-0.4, -0.2) is 11.3 Å². The largest absolute Gasteiger partial charge is 0.573 e. The Kier molecular flexibility index (Phi) is 4.39. The minimum absolute atomic E-state index is 0.210. The van der Waals surface area contributed by atoms with Crippen LogP contribution in [0.4, 0.5) is 13.2 Å². The van der Waals surface area contributed by atoms with E-state index in [0.717, 1.165) is 10.4 Å². The molecule has 1 aromatic carbocycles. The summed E-state index contributed by atoms with van der Waals surface area (Å²) in [6, 6.07) is 5.80. The van der Waals surface area contributed by atoms with Gasteiger partial charge in [-0.05, 0) is 17.7 Å². The van der Waals surface area contributed by atoms with Gasteiger partial charge in [-0.3, -0.25) is 4.98 Å². The van der Waals surface area contributed by atoms with Gasteiger partial charge in [0.1, 0.15) is 5.75 Å². The van der Waals surface area contributed by atoms with Gasteiger partial charge >= 0.3 is 6.36 Å². The molecule has 0 saturated heterocycles. The van der Waals surface area contributed by atoms with E-state index in [1.165, 1.54) is 12.1 Å². The molecule has 0 radical (unpaired) electrons. The summed E-state index contributed by atoms with van der Waals surface area (Å²) in [5.74, 6) is -0.210. The molecular weight excluding hydrogens is 277 g/mol. The summed E-state index contributed by atoms with van der Waals surface area (Å²) in [7, 11) is 0. The molecule has 0 amide bonds. The predicted molar refractivity (Wildman–Crippen MR) is 65.8 cm³/mol. The van der Waals surface area contributed by atoms with Gasteiger partial charge in [-0.2, -0.15) is 0 Å². The van der Waals surface area contributed by atoms with Crippen LogP contribution in [0.2, 0.25) is 0 Å². The molecule has 0 aliphatic carbocycles. The number of rotatable bonds is 5. The van der Waals surface area contributed by atoms with Crippen LogP contribution in [0.15, 0.2) is 36.0 Å². The maximum atomic E-state index is 12.0. The van der Waals surface area contributed by atoms with Crippen LogP contribution in [0.5, 0.6) is 5.75 Å². The van der Waals surface area contributed by atoms with Crippen molar-refractivity contribution in [2.45, 2.75) is 19.5 Å². The van der Waals surface area contributed by atoms with Gasteiger partial charge < -0.3 is 10.1 Å². The Hall–Kier alpha value is -1.60. The third-order valence-corrected chi connectivity index (χ3v) is 3.05. The first-order valence-electron chi connectivity index (χ1n) is 5.46. The fraction of sp³-hybridized carbons (Fsp3) is 0.250. The molecule has 0 spiro atoms. The van der Waals surface area contributed by atoms with Gasteiger partial charge in [0.15, 0.2) is 0 Å². The highest BCUT2D eigenvalue weighted by Gasteiger charge is 2.30. The zero-order chi connectivity index (χ0) is 13.7. The third kappa shape index (κ3) is 4.88. The number of alkyl halides is 3. The van der Waals surface area contributed by atoms with Crippen molar-refractivity contribution in [3.8, 4) is 5.75 Å². The average molecular weight is 288 g/mol. The van der Waals surface area contributed by atoms with Crippen LogP contribution in [-0.2, 0) is 13.1 Å². The Morgan fingerprint density at radius 2 is 1.89 bits per heavy atom. The van der Waals surface area contributed by atoms with Gasteiger partial charge in [-0.15, -0.1) is 24.5 Å². The topological polar surface area (TPSA) is 34.1 Å². The number of aromatic nitrogens is 1. The number of ether oxygens (including phenoxy) is 1. The minimum atomic E-state index is -4.65. The SMILES string of the molecule is FC(F)(F)Oc1ccc(CNCc2cncs2)cc1. The summed E-state index contributed by atoms with van der Waals surface area (Å²) in [4.78, 5) is 5.06. The normalized spacial score (nSPS) is 11.5. The van der Waals surface area contributed by atoms with E-state index in [9.17, 15) is 13.2 Å². The van der Waals surface area contributed by atoms with Crippen LogP contribution in [0.25, 0.3) is 0 Å². The Morgan fingerprint density at radius 3 is 2.47 bits per heavy atom. The van der Waals surface area contributed by atoms with Crippen molar-refractivity contribution in [2.75, 3.05) is 0 Å². The number of thiazole rings is 1. The van der Waals surface area contributed by atoms with E-state index in [-0.39, 0.29) is 5.75 Å². The van der Waals surface area contributed by atoms with E-state index >= 15 is 0 Å². The Balaban J connectivity index is 1.81. The molecule has 1 heterocycles. The average Bonchev–Trinajstić information content (AvgIpc) is 2.82. The molecule has 0 bridgehead atoms. The Morgan fingerprint density at radius 1 is 1.16 bits per heavy atom. The zero-order valence-corrected chi connectivity index (χ0v) is 10.6. The maximum Gasteiger partial charge on any atom is 0.573 e. The van der Waals surface area contributed by atoms with E-state index in [1.54, 1.807) is 35.2 Å². The minimum Gasteiger partial charge on any atom is -0.406 e. The molecular formula is C12H11F3N2OS. The summed E-state index contributed by atoms with van der Waals surface area (Å²) in [5, 5.41) is 3.18. The first-order chi connectivity index (χ1) is 9.03. The maximum absolute atomic E-state index is 12.0. The van der Waals surface area contributed by atoms with Crippen LogP contribution < -0.4 is 10.1 Å². The van der Waals surface area contributed by atoms with Gasteiger partial charge in [-0.1, -0.05) is 12.1 Å². The molecule has 0 fully saturated rings. The van der Waals surface area contributed by atoms with Crippen LogP contribution >= 0.6 is 11.3 Å². The second kappa shape index (κ2) is 6.03. The molecule has 0 aliphatic rings. The van der Waals surface area contributed by atoms with E-state index in [1.807, 2.05) is 0 Å². The molecule has 19 heavy (non-hydrogen) atoms. The molecule has 1 N–H and O–H groups in total. The second-order valence-corrected chi connectivity index (χ2v) is 4.73. The molecule has 2 aromatic rings. The van der Waals surface area contributed by atoms with Crippen molar-refractivity contribution in [3.63, 3.8) is 0 Å². The standard InChI is InChI=1S/C12H11F3N2OS/c13-12(14,15)18-10-3-1-9(2-4-10)5-16-6-11-7-17-8-19-11/h1-4,7-8,16H,5-6H2. The fourth-order valence-electron chi connectivity index (χ4n) is 1.47. The quantitative estimate of drug-likeness (QED) is 0.916. The molecule has 0 saturated carbocycles. The van der Waals surface area contributed by atoms with Crippen molar-refractivity contribution in [2.24, 2.45) is 0 Å². The monoisotopic (exact) mass is 288 g/mol. The summed E-state index contributed by atoms with van der Waals surface area (Å²) in [6.07, 6.45) is -2.87. The van der Waals surface area contributed by atoms with E-state index in [2.05, 4.69) is 15.0 Å². The molecule has 1 aromatic heterocycles. The van der Waals surface area contributed by atoms with Crippen LogP contribution in [0.1, 0.15) is 10.4 Å². The third-order valence-electron chi connectivity index (χ3n) is 2.27. The first-order valence-corrected chi connectivity index (χ1v) is 6.34. The van der Waals surface area contributed by atoms with Crippen molar-refractivity contribution in [3.05, 3.63) is 46.4 Å². The van der Waals surface area contributed by atoms with E-state index in [4.69, 9.17) is 0 Å². The fourth-order valence-corrected chi connectivity index (χ4v) is 2.03. The molecule has 0 aliphatic heterocycles. The van der Waals surface area contributed by atoms with Crippen molar-refractivity contribution < 1.29 is 17.9 Å². The van der Waals surface area contributed by atoms with Crippen LogP contribution in [0.3, 0.4) is 0 Å². The number of nitrogens with zero attached hydrogens (tertiary/aromatic N) is 1. The number of halogens is 3. The summed E-state index contributed by atoms with van der Waals surface area (Å²) < 4.78 is 39.7. The molecule has 3 nitrogen and oxygen atoms in total. The smallest absolute Gasteiger partial charge is 0.406 e. The summed E-state index contributed by atoms with van der Waals surface area (Å²) >= 11 is 1.55. The van der Waals surface area contributed by atoms with Gasteiger partial charge in [0.2, 0.25) is 0 Å². The molecule has 0 atom stereocenters. The number of hydrogen-bond donors (Lipinski definition) is 1. The van der Waals surface area contributed by atoms with E-state index < -0.39 is 6.36 Å². The predicted octanol–water partition coefficient (Wildman–Crippen LogP) is 3.33. The highest BCUT2D eigenvalue weighted by Crippen LogP contribution is 2.22. The number of hydrogen-bond acceptors (Lipinski definition) is 4. The van der Waals surface area contributed by atoms with Crippen LogP contribution in [0, 0.1) is 0 Å². The lowest BCUT2D eigenvalue weighted by Crippen LogP contribution is -2.17. The molecule has 0 unspecified atom stereocenters. The van der Waals surface area contributed by atoms with E-state index in [0.29, 0.717) is 13.1 Å². The lowest BCUT2D eigenvalue weighted by atomic mass is 10.2. The Labute approximate surface area is 112 Å². The highest BCUT2D eigenvalue weighted by atomic mass is 32.1. The van der Waals surface area contributed by atoms with Crippen molar-refractivity contribution in [1.29, 1.82) is 0 Å². The van der Waals surface area contributed by atoms with Gasteiger partial charge in [0, 0.05) is 24.2 Å². The van der Waals surface area contributed by atoms with Gasteiger partial charge in [-0.25, -0.2) is 0 Å².